The maximum atomic E-state index is 12.3. The lowest BCUT2D eigenvalue weighted by Gasteiger charge is -2.44. The molecule has 0 fully saturated rings. The molecule has 2 rings (SSSR count). The van der Waals surface area contributed by atoms with Gasteiger partial charge >= 0.3 is 0 Å². The molecule has 0 spiro atoms. The van der Waals surface area contributed by atoms with Gasteiger partial charge in [-0.15, -0.1) is 0 Å². The summed E-state index contributed by atoms with van der Waals surface area (Å²) < 4.78 is 0. The van der Waals surface area contributed by atoms with Gasteiger partial charge in [0.2, 0.25) is 5.70 Å². The van der Waals surface area contributed by atoms with Crippen LogP contribution in [0.2, 0.25) is 0 Å². The van der Waals surface area contributed by atoms with Gasteiger partial charge in [-0.3, -0.25) is 4.79 Å². The van der Waals surface area contributed by atoms with Gasteiger partial charge in [-0.25, -0.2) is 4.85 Å². The van der Waals surface area contributed by atoms with Crippen LogP contribution in [0.1, 0.15) is 34.1 Å². The minimum Gasteiger partial charge on any atom is -0.307 e. The fourth-order valence-electron chi connectivity index (χ4n) is 3.05. The molecule has 0 heterocycles. The molecular weight excluding hydrogens is 226 g/mol. The van der Waals surface area contributed by atoms with Gasteiger partial charge in [0.05, 0.1) is 12.0 Å². The van der Waals surface area contributed by atoms with Gasteiger partial charge in [-0.05, 0) is 18.4 Å². The molecular formula is C15H17NO2. The predicted octanol–water partition coefficient (Wildman–Crippen LogP) is 2.94. The molecule has 0 aromatic heterocycles. The van der Waals surface area contributed by atoms with Crippen LogP contribution in [0.4, 0.5) is 0 Å². The molecule has 0 unspecified atom stereocenters. The van der Waals surface area contributed by atoms with Crippen LogP contribution in [0, 0.1) is 23.3 Å². The summed E-state index contributed by atoms with van der Waals surface area (Å²) in [7, 11) is 0. The second-order valence-corrected chi connectivity index (χ2v) is 5.98. The highest BCUT2D eigenvalue weighted by molar-refractivity contribution is 6.08. The zero-order valence-corrected chi connectivity index (χ0v) is 11.2. The van der Waals surface area contributed by atoms with E-state index in [1.807, 2.05) is 33.8 Å². The molecule has 0 aliphatic heterocycles. The van der Waals surface area contributed by atoms with Gasteiger partial charge in [0.1, 0.15) is 5.78 Å². The van der Waals surface area contributed by atoms with Crippen molar-refractivity contribution in [3.63, 3.8) is 0 Å². The lowest BCUT2D eigenvalue weighted by Crippen LogP contribution is -2.46. The number of carbonyl (C=O) groups is 2. The normalized spacial score (nSPS) is 34.3. The summed E-state index contributed by atoms with van der Waals surface area (Å²) >= 11 is 0. The van der Waals surface area contributed by atoms with Gasteiger partial charge < -0.3 is 4.79 Å². The van der Waals surface area contributed by atoms with E-state index in [-0.39, 0.29) is 23.2 Å². The molecule has 2 atom stereocenters. The molecule has 0 N–H and O–H groups in total. The topological polar surface area (TPSA) is 38.5 Å². The molecule has 0 bridgehead atoms. The SMILES string of the molecule is [C-]#[N+]C1=C[C@]2(C)C(=O)C[C@H](C)C=C2C(C)(C)C1=O. The van der Waals surface area contributed by atoms with Crippen molar-refractivity contribution in [1.82, 2.24) is 0 Å². The summed E-state index contributed by atoms with van der Waals surface area (Å²) in [6.07, 6.45) is 4.08. The molecule has 18 heavy (non-hydrogen) atoms. The minimum atomic E-state index is -0.774. The first kappa shape index (κ1) is 12.8. The third kappa shape index (κ3) is 1.49. The van der Waals surface area contributed by atoms with Crippen LogP contribution in [0.15, 0.2) is 23.4 Å². The quantitative estimate of drug-likeness (QED) is 0.484. The van der Waals surface area contributed by atoms with Crippen LogP contribution in [-0.2, 0) is 9.59 Å². The molecule has 3 nitrogen and oxygen atoms in total. The number of rotatable bonds is 0. The Balaban J connectivity index is 2.75. The highest BCUT2D eigenvalue weighted by Gasteiger charge is 2.51. The average Bonchev–Trinajstić information content (AvgIpc) is 2.28. The smallest absolute Gasteiger partial charge is 0.227 e. The molecule has 94 valence electrons. The Morgan fingerprint density at radius 1 is 1.33 bits per heavy atom. The highest BCUT2D eigenvalue weighted by Crippen LogP contribution is 2.51. The first-order chi connectivity index (χ1) is 8.23. The Morgan fingerprint density at radius 2 is 1.94 bits per heavy atom. The molecule has 3 heteroatoms. The number of hydrogen-bond acceptors (Lipinski definition) is 2. The lowest BCUT2D eigenvalue weighted by atomic mass is 9.57. The molecule has 0 aromatic rings. The number of fused-ring (bicyclic) bond motifs is 1. The molecule has 0 saturated heterocycles. The maximum absolute atomic E-state index is 12.3. The number of allylic oxidation sites excluding steroid dienone is 4. The standard InChI is InChI=1S/C15H17NO2/c1-9-6-11-14(2,3)13(18)10(16-5)8-15(11,4)12(17)7-9/h6,8-9H,7H2,1-4H3/t9-,15+/m1/s1. The molecule has 0 amide bonds. The van der Waals surface area contributed by atoms with E-state index in [9.17, 15) is 9.59 Å². The van der Waals surface area contributed by atoms with E-state index >= 15 is 0 Å². The van der Waals surface area contributed by atoms with Crippen molar-refractivity contribution in [3.8, 4) is 0 Å². The molecule has 0 saturated carbocycles. The zero-order valence-electron chi connectivity index (χ0n) is 11.2. The van der Waals surface area contributed by atoms with E-state index < -0.39 is 10.8 Å². The Labute approximate surface area is 107 Å². The summed E-state index contributed by atoms with van der Waals surface area (Å²) in [5.74, 6) is 0.0906. The molecule has 2 aliphatic carbocycles. The van der Waals surface area contributed by atoms with Crippen molar-refractivity contribution in [3.05, 3.63) is 34.8 Å². The van der Waals surface area contributed by atoms with E-state index in [4.69, 9.17) is 6.57 Å². The van der Waals surface area contributed by atoms with Crippen molar-refractivity contribution >= 4 is 11.6 Å². The first-order valence-electron chi connectivity index (χ1n) is 6.14. The van der Waals surface area contributed by atoms with Crippen LogP contribution >= 0.6 is 0 Å². The second-order valence-electron chi connectivity index (χ2n) is 5.98. The minimum absolute atomic E-state index is 0.0996. The highest BCUT2D eigenvalue weighted by atomic mass is 16.1. The van der Waals surface area contributed by atoms with Crippen LogP contribution in [0.25, 0.3) is 4.85 Å². The fraction of sp³-hybridized carbons (Fsp3) is 0.533. The number of nitrogens with zero attached hydrogens (tertiary/aromatic N) is 1. The zero-order chi connectivity index (χ0) is 13.7. The monoisotopic (exact) mass is 243 g/mol. The van der Waals surface area contributed by atoms with Crippen molar-refractivity contribution in [2.24, 2.45) is 16.7 Å². The summed E-state index contributed by atoms with van der Waals surface area (Å²) in [4.78, 5) is 27.9. The maximum Gasteiger partial charge on any atom is 0.227 e. The third-order valence-corrected chi connectivity index (χ3v) is 4.12. The fourth-order valence-corrected chi connectivity index (χ4v) is 3.05. The molecule has 0 aromatic carbocycles. The Hall–Kier alpha value is -1.69. The lowest BCUT2D eigenvalue weighted by molar-refractivity contribution is -0.128. The average molecular weight is 243 g/mol. The van der Waals surface area contributed by atoms with E-state index in [0.717, 1.165) is 5.57 Å². The molecule has 0 radical (unpaired) electrons. The number of carbonyl (C=O) groups excluding carboxylic acids is 2. The second kappa shape index (κ2) is 3.65. The van der Waals surface area contributed by atoms with Gasteiger partial charge in [0.25, 0.3) is 0 Å². The van der Waals surface area contributed by atoms with Gasteiger partial charge in [0, 0.05) is 11.8 Å². The van der Waals surface area contributed by atoms with Crippen molar-refractivity contribution in [2.45, 2.75) is 34.1 Å². The van der Waals surface area contributed by atoms with E-state index in [1.165, 1.54) is 0 Å². The first-order valence-corrected chi connectivity index (χ1v) is 6.14. The summed E-state index contributed by atoms with van der Waals surface area (Å²) in [5.41, 5.74) is -0.573. The van der Waals surface area contributed by atoms with Crippen LogP contribution in [0.5, 0.6) is 0 Å². The van der Waals surface area contributed by atoms with E-state index in [2.05, 4.69) is 4.85 Å². The van der Waals surface area contributed by atoms with Crippen LogP contribution < -0.4 is 0 Å². The summed E-state index contributed by atoms with van der Waals surface area (Å²) in [6, 6.07) is 0. The largest absolute Gasteiger partial charge is 0.307 e. The van der Waals surface area contributed by atoms with Crippen molar-refractivity contribution in [1.29, 1.82) is 0 Å². The number of ketones is 2. The van der Waals surface area contributed by atoms with E-state index in [0.29, 0.717) is 6.42 Å². The van der Waals surface area contributed by atoms with Crippen molar-refractivity contribution in [2.75, 3.05) is 0 Å². The van der Waals surface area contributed by atoms with Crippen LogP contribution in [0.3, 0.4) is 0 Å². The summed E-state index contributed by atoms with van der Waals surface area (Å²) in [5, 5.41) is 0. The van der Waals surface area contributed by atoms with Gasteiger partial charge in [-0.2, -0.15) is 0 Å². The number of hydrogen-bond donors (Lipinski definition) is 0. The molecule has 2 aliphatic rings. The summed E-state index contributed by atoms with van der Waals surface area (Å²) in [6.45, 7) is 14.5. The van der Waals surface area contributed by atoms with Crippen LogP contribution in [-0.4, -0.2) is 11.6 Å². The van der Waals surface area contributed by atoms with Crippen molar-refractivity contribution < 1.29 is 9.59 Å². The third-order valence-electron chi connectivity index (χ3n) is 4.12. The Kier molecular flexibility index (Phi) is 2.59. The Bertz CT molecular complexity index is 545. The van der Waals surface area contributed by atoms with Gasteiger partial charge in [-0.1, -0.05) is 32.9 Å². The number of Topliss-reactive ketones (excluding diaryl/α,β-unsaturated/α-hetero) is 2. The Morgan fingerprint density at radius 3 is 2.50 bits per heavy atom. The van der Waals surface area contributed by atoms with Gasteiger partial charge in [0.15, 0.2) is 5.78 Å². The predicted molar refractivity (Wildman–Crippen MR) is 68.5 cm³/mol. The van der Waals surface area contributed by atoms with E-state index in [1.54, 1.807) is 6.08 Å².